The second kappa shape index (κ2) is 10.9. The number of rotatable bonds is 5. The largest absolute Gasteiger partial charge is 0.449 e. The third kappa shape index (κ3) is 6.35. The van der Waals surface area contributed by atoms with E-state index in [-0.39, 0.29) is 36.8 Å². The standard InChI is InChI=1S/C24H21F9N4O2/c1-3-16-11-18(17-10-13(22(25,26)27)5-6-19(17)37(16)21(38)39-4-2)20(35-36-34)12-7-14(23(28,29)30)9-15(8-12)24(31,32)33/h5-10,16,18,20H,3-4,11H2,1-2H3/t16-,18+,20+/m1/s1. The van der Waals surface area contributed by atoms with Gasteiger partial charge in [0.05, 0.1) is 35.0 Å². The van der Waals surface area contributed by atoms with Crippen molar-refractivity contribution in [1.29, 1.82) is 0 Å². The van der Waals surface area contributed by atoms with Crippen molar-refractivity contribution < 1.29 is 49.0 Å². The van der Waals surface area contributed by atoms with E-state index in [9.17, 15) is 49.8 Å². The Morgan fingerprint density at radius 1 is 0.974 bits per heavy atom. The molecular formula is C24H21F9N4O2. The summed E-state index contributed by atoms with van der Waals surface area (Å²) in [5, 5.41) is 3.46. The fourth-order valence-electron chi connectivity index (χ4n) is 4.64. The minimum absolute atomic E-state index is 0.0725. The lowest BCUT2D eigenvalue weighted by atomic mass is 9.77. The van der Waals surface area contributed by atoms with E-state index in [0.29, 0.717) is 24.3 Å². The molecule has 2 aromatic rings. The van der Waals surface area contributed by atoms with E-state index < -0.39 is 64.9 Å². The predicted octanol–water partition coefficient (Wildman–Crippen LogP) is 9.02. The number of alkyl halides is 9. The Hall–Kier alpha value is -3.61. The van der Waals surface area contributed by atoms with Crippen LogP contribution in [-0.4, -0.2) is 18.7 Å². The van der Waals surface area contributed by atoms with Crippen molar-refractivity contribution in [3.05, 3.63) is 74.7 Å². The number of amides is 1. The van der Waals surface area contributed by atoms with E-state index in [0.717, 1.165) is 11.0 Å². The molecule has 2 aromatic carbocycles. The Kier molecular flexibility index (Phi) is 8.34. The second-order valence-electron chi connectivity index (χ2n) is 8.73. The summed E-state index contributed by atoms with van der Waals surface area (Å²) in [6, 6.07) is 0.391. The summed E-state index contributed by atoms with van der Waals surface area (Å²) in [5.74, 6) is -1.32. The second-order valence-corrected chi connectivity index (χ2v) is 8.73. The lowest BCUT2D eigenvalue weighted by Crippen LogP contribution is -2.45. The monoisotopic (exact) mass is 568 g/mol. The molecule has 1 aliphatic rings. The van der Waals surface area contributed by atoms with Crippen LogP contribution in [0.15, 0.2) is 41.5 Å². The van der Waals surface area contributed by atoms with Gasteiger partial charge in [-0.1, -0.05) is 12.0 Å². The zero-order valence-corrected chi connectivity index (χ0v) is 20.3. The highest BCUT2D eigenvalue weighted by Gasteiger charge is 2.43. The maximum absolute atomic E-state index is 13.6. The zero-order chi connectivity index (χ0) is 29.3. The molecule has 0 fully saturated rings. The summed E-state index contributed by atoms with van der Waals surface area (Å²) in [5.41, 5.74) is 3.65. The number of halogens is 9. The van der Waals surface area contributed by atoms with Crippen molar-refractivity contribution in [2.45, 2.75) is 63.2 Å². The maximum Gasteiger partial charge on any atom is 0.416 e. The molecule has 0 aromatic heterocycles. The highest BCUT2D eigenvalue weighted by atomic mass is 19.4. The molecule has 39 heavy (non-hydrogen) atoms. The Morgan fingerprint density at radius 2 is 1.54 bits per heavy atom. The number of ether oxygens (including phenoxy) is 1. The first kappa shape index (κ1) is 29.9. The van der Waals surface area contributed by atoms with E-state index in [1.54, 1.807) is 6.92 Å². The molecule has 15 heteroatoms. The van der Waals surface area contributed by atoms with Gasteiger partial charge in [-0.05, 0) is 72.8 Å². The van der Waals surface area contributed by atoms with Crippen LogP contribution < -0.4 is 4.90 Å². The van der Waals surface area contributed by atoms with Crippen LogP contribution in [0.5, 0.6) is 0 Å². The van der Waals surface area contributed by atoms with Crippen LogP contribution in [-0.2, 0) is 23.3 Å². The number of anilines is 1. The molecule has 0 spiro atoms. The average Bonchev–Trinajstić information content (AvgIpc) is 2.84. The van der Waals surface area contributed by atoms with Crippen molar-refractivity contribution in [2.24, 2.45) is 5.11 Å². The summed E-state index contributed by atoms with van der Waals surface area (Å²) < 4.78 is 127. The molecule has 3 atom stereocenters. The van der Waals surface area contributed by atoms with Crippen LogP contribution in [0, 0.1) is 0 Å². The first-order valence-corrected chi connectivity index (χ1v) is 11.5. The number of hydrogen-bond donors (Lipinski definition) is 0. The third-order valence-electron chi connectivity index (χ3n) is 6.35. The SMILES string of the molecule is CCOC(=O)N1c2ccc(C(F)(F)F)cc2[C@@H]([C@@H](N=[N+]=[N-])c2cc(C(F)(F)F)cc(C(F)(F)F)c2)C[C@H]1CC. The van der Waals surface area contributed by atoms with Crippen molar-refractivity contribution in [3.8, 4) is 0 Å². The number of nitrogens with zero attached hydrogens (tertiary/aromatic N) is 4. The Morgan fingerprint density at radius 3 is 2.00 bits per heavy atom. The molecule has 212 valence electrons. The molecular weight excluding hydrogens is 547 g/mol. The van der Waals surface area contributed by atoms with E-state index in [1.807, 2.05) is 0 Å². The van der Waals surface area contributed by atoms with E-state index in [4.69, 9.17) is 4.74 Å². The van der Waals surface area contributed by atoms with Gasteiger partial charge in [0.25, 0.3) is 0 Å². The highest BCUT2D eigenvalue weighted by Crippen LogP contribution is 2.50. The van der Waals surface area contributed by atoms with Crippen molar-refractivity contribution in [3.63, 3.8) is 0 Å². The van der Waals surface area contributed by atoms with Gasteiger partial charge >= 0.3 is 24.6 Å². The van der Waals surface area contributed by atoms with Gasteiger partial charge in [0, 0.05) is 16.9 Å². The van der Waals surface area contributed by atoms with Gasteiger partial charge in [-0.3, -0.25) is 4.90 Å². The smallest absolute Gasteiger partial charge is 0.416 e. The minimum Gasteiger partial charge on any atom is -0.449 e. The topological polar surface area (TPSA) is 78.3 Å². The van der Waals surface area contributed by atoms with Gasteiger partial charge in [0.15, 0.2) is 0 Å². The molecule has 0 saturated heterocycles. The number of fused-ring (bicyclic) bond motifs is 1. The predicted molar refractivity (Wildman–Crippen MR) is 121 cm³/mol. The van der Waals surface area contributed by atoms with Crippen LogP contribution in [0.2, 0.25) is 0 Å². The highest BCUT2D eigenvalue weighted by molar-refractivity contribution is 5.90. The van der Waals surface area contributed by atoms with Crippen molar-refractivity contribution in [1.82, 2.24) is 0 Å². The molecule has 0 saturated carbocycles. The first-order chi connectivity index (χ1) is 18.0. The Balaban J connectivity index is 2.32. The summed E-state index contributed by atoms with van der Waals surface area (Å²) in [6.07, 6.45) is -16.2. The number of carbonyl (C=O) groups is 1. The molecule has 0 bridgehead atoms. The Labute approximate surface area is 216 Å². The number of benzene rings is 2. The Bertz CT molecular complexity index is 1240. The van der Waals surface area contributed by atoms with Crippen LogP contribution in [0.3, 0.4) is 0 Å². The number of carbonyl (C=O) groups excluding carboxylic acids is 1. The fourth-order valence-corrected chi connectivity index (χ4v) is 4.64. The van der Waals surface area contributed by atoms with Crippen LogP contribution in [0.4, 0.5) is 50.0 Å². The van der Waals surface area contributed by atoms with Gasteiger partial charge in [0.1, 0.15) is 0 Å². The van der Waals surface area contributed by atoms with E-state index in [2.05, 4.69) is 10.0 Å². The number of hydrogen-bond acceptors (Lipinski definition) is 3. The molecule has 0 aliphatic carbocycles. The van der Waals surface area contributed by atoms with Crippen LogP contribution in [0.25, 0.3) is 10.4 Å². The molecule has 1 aliphatic heterocycles. The summed E-state index contributed by atoms with van der Waals surface area (Å²) >= 11 is 0. The van der Waals surface area contributed by atoms with Gasteiger partial charge < -0.3 is 4.74 Å². The van der Waals surface area contributed by atoms with Gasteiger partial charge in [-0.15, -0.1) is 0 Å². The van der Waals surface area contributed by atoms with Crippen LogP contribution in [0.1, 0.15) is 66.5 Å². The maximum atomic E-state index is 13.6. The molecule has 0 radical (unpaired) electrons. The van der Waals surface area contributed by atoms with E-state index in [1.165, 1.54) is 6.92 Å². The molecule has 0 N–H and O–H groups in total. The van der Waals surface area contributed by atoms with E-state index >= 15 is 0 Å². The zero-order valence-electron chi connectivity index (χ0n) is 20.3. The van der Waals surface area contributed by atoms with Gasteiger partial charge in [0.2, 0.25) is 0 Å². The lowest BCUT2D eigenvalue weighted by Gasteiger charge is -2.42. The van der Waals surface area contributed by atoms with Gasteiger partial charge in [-0.25, -0.2) is 4.79 Å². The first-order valence-electron chi connectivity index (χ1n) is 11.5. The molecule has 1 heterocycles. The molecule has 3 rings (SSSR count). The minimum atomic E-state index is -5.21. The summed E-state index contributed by atoms with van der Waals surface area (Å²) in [4.78, 5) is 16.4. The van der Waals surface area contributed by atoms with Crippen LogP contribution >= 0.6 is 0 Å². The average molecular weight is 568 g/mol. The van der Waals surface area contributed by atoms with Crippen molar-refractivity contribution >= 4 is 11.8 Å². The lowest BCUT2D eigenvalue weighted by molar-refractivity contribution is -0.143. The normalized spacial score (nSPS) is 18.7. The molecule has 1 amide bonds. The quantitative estimate of drug-likeness (QED) is 0.156. The molecule has 6 nitrogen and oxygen atoms in total. The fraction of sp³-hybridized carbons (Fsp3) is 0.458. The van der Waals surface area contributed by atoms with Gasteiger partial charge in [-0.2, -0.15) is 39.5 Å². The summed E-state index contributed by atoms with van der Waals surface area (Å²) in [6.45, 7) is 3.05. The summed E-state index contributed by atoms with van der Waals surface area (Å²) in [7, 11) is 0. The van der Waals surface area contributed by atoms with Crippen molar-refractivity contribution in [2.75, 3.05) is 11.5 Å². The third-order valence-corrected chi connectivity index (χ3v) is 6.35. The number of azide groups is 1. The molecule has 0 unspecified atom stereocenters.